The number of hydrogen-bond donors (Lipinski definition) is 1. The third kappa shape index (κ3) is 3.35. The molecule has 1 atom stereocenters. The molecular formula is C15H21N3OS. The Balaban J connectivity index is 2.29. The molecule has 0 aliphatic rings. The number of nitrogens with zero attached hydrogens (tertiary/aromatic N) is 2. The highest BCUT2D eigenvalue weighted by Gasteiger charge is 2.18. The van der Waals surface area contributed by atoms with Gasteiger partial charge in [0.15, 0.2) is 0 Å². The molecule has 0 saturated carbocycles. The highest BCUT2D eigenvalue weighted by Crippen LogP contribution is 2.30. The lowest BCUT2D eigenvalue weighted by Gasteiger charge is -2.16. The van der Waals surface area contributed by atoms with Crippen molar-refractivity contribution in [1.29, 1.82) is 0 Å². The Morgan fingerprint density at radius 1 is 1.35 bits per heavy atom. The van der Waals surface area contributed by atoms with Crippen LogP contribution in [-0.4, -0.2) is 23.6 Å². The van der Waals surface area contributed by atoms with E-state index in [1.165, 1.54) is 4.88 Å². The lowest BCUT2D eigenvalue weighted by atomic mass is 10.1. The maximum Gasteiger partial charge on any atom is 0.137 e. The Bertz CT molecular complexity index is 568. The van der Waals surface area contributed by atoms with Crippen LogP contribution in [0.15, 0.2) is 18.5 Å². The van der Waals surface area contributed by atoms with Gasteiger partial charge in [0.25, 0.3) is 0 Å². The third-order valence-electron chi connectivity index (χ3n) is 3.03. The minimum Gasteiger partial charge on any atom is -0.492 e. The molecule has 5 heteroatoms. The fourth-order valence-corrected chi connectivity index (χ4v) is 3.22. The largest absolute Gasteiger partial charge is 0.492 e. The van der Waals surface area contributed by atoms with Crippen molar-refractivity contribution in [1.82, 2.24) is 15.3 Å². The summed E-state index contributed by atoms with van der Waals surface area (Å²) in [5, 5.41) is 4.43. The van der Waals surface area contributed by atoms with Crippen LogP contribution in [0.25, 0.3) is 0 Å². The van der Waals surface area contributed by atoms with Crippen LogP contribution in [0.2, 0.25) is 0 Å². The van der Waals surface area contributed by atoms with Crippen molar-refractivity contribution in [3.63, 3.8) is 0 Å². The van der Waals surface area contributed by atoms with Gasteiger partial charge in [0, 0.05) is 11.1 Å². The average molecular weight is 291 g/mol. The fourth-order valence-electron chi connectivity index (χ4n) is 2.16. The number of nitrogens with one attached hydrogen (secondary N) is 1. The first-order valence-corrected chi connectivity index (χ1v) is 7.66. The van der Waals surface area contributed by atoms with Crippen molar-refractivity contribution in [3.8, 4) is 5.75 Å². The molecule has 0 radical (unpaired) electrons. The van der Waals surface area contributed by atoms with Crippen LogP contribution in [0.4, 0.5) is 0 Å². The van der Waals surface area contributed by atoms with Crippen LogP contribution < -0.4 is 10.1 Å². The first-order valence-electron chi connectivity index (χ1n) is 6.84. The van der Waals surface area contributed by atoms with Crippen LogP contribution >= 0.6 is 11.3 Å². The predicted octanol–water partition coefficient (Wildman–Crippen LogP) is 3.25. The summed E-state index contributed by atoms with van der Waals surface area (Å²) < 4.78 is 5.66. The Morgan fingerprint density at radius 2 is 2.15 bits per heavy atom. The van der Waals surface area contributed by atoms with Crippen LogP contribution in [-0.2, 0) is 0 Å². The molecule has 0 amide bonds. The Morgan fingerprint density at radius 3 is 2.75 bits per heavy atom. The van der Waals surface area contributed by atoms with Crippen molar-refractivity contribution in [2.45, 2.75) is 33.2 Å². The second-order valence-corrected chi connectivity index (χ2v) is 5.94. The van der Waals surface area contributed by atoms with E-state index in [-0.39, 0.29) is 6.04 Å². The molecule has 2 heterocycles. The van der Waals surface area contributed by atoms with Crippen LogP contribution in [0.1, 0.15) is 40.5 Å². The van der Waals surface area contributed by atoms with Gasteiger partial charge >= 0.3 is 0 Å². The van der Waals surface area contributed by atoms with Gasteiger partial charge in [-0.2, -0.15) is 0 Å². The summed E-state index contributed by atoms with van der Waals surface area (Å²) in [6.45, 7) is 6.89. The summed E-state index contributed by atoms with van der Waals surface area (Å²) in [7, 11) is 1.96. The number of ether oxygens (including phenoxy) is 1. The van der Waals surface area contributed by atoms with Crippen molar-refractivity contribution in [2.75, 3.05) is 13.7 Å². The summed E-state index contributed by atoms with van der Waals surface area (Å²) in [4.78, 5) is 10.0. The van der Waals surface area contributed by atoms with Gasteiger partial charge in [-0.1, -0.05) is 6.92 Å². The molecule has 2 aromatic rings. The average Bonchev–Trinajstić information content (AvgIpc) is 2.77. The number of thiazole rings is 1. The molecule has 0 aromatic carbocycles. The van der Waals surface area contributed by atoms with Gasteiger partial charge in [0.05, 0.1) is 29.5 Å². The summed E-state index contributed by atoms with van der Waals surface area (Å²) in [6, 6.07) is 2.16. The Labute approximate surface area is 124 Å². The van der Waals surface area contributed by atoms with E-state index in [0.29, 0.717) is 6.61 Å². The highest BCUT2D eigenvalue weighted by atomic mass is 32.1. The van der Waals surface area contributed by atoms with Crippen LogP contribution in [0.3, 0.4) is 0 Å². The van der Waals surface area contributed by atoms with E-state index in [9.17, 15) is 0 Å². The van der Waals surface area contributed by atoms with E-state index >= 15 is 0 Å². The molecular weight excluding hydrogens is 270 g/mol. The predicted molar refractivity (Wildman–Crippen MR) is 82.5 cm³/mol. The Hall–Kier alpha value is -1.46. The van der Waals surface area contributed by atoms with Crippen molar-refractivity contribution in [2.24, 2.45) is 0 Å². The SMILES string of the molecule is CCCOc1cncc(C(NC)c2sc(C)nc2C)c1. The molecule has 0 bridgehead atoms. The molecule has 2 aromatic heterocycles. The molecule has 0 fully saturated rings. The summed E-state index contributed by atoms with van der Waals surface area (Å²) in [5.74, 6) is 0.823. The van der Waals surface area contributed by atoms with Gasteiger partial charge in [-0.05, 0) is 38.9 Å². The zero-order valence-electron chi connectivity index (χ0n) is 12.4. The zero-order valence-corrected chi connectivity index (χ0v) is 13.3. The van der Waals surface area contributed by atoms with Crippen LogP contribution in [0, 0.1) is 13.8 Å². The molecule has 108 valence electrons. The zero-order chi connectivity index (χ0) is 14.5. The van der Waals surface area contributed by atoms with E-state index in [0.717, 1.165) is 28.4 Å². The molecule has 0 spiro atoms. The monoisotopic (exact) mass is 291 g/mol. The first-order chi connectivity index (χ1) is 9.65. The third-order valence-corrected chi connectivity index (χ3v) is 4.17. The van der Waals surface area contributed by atoms with E-state index in [1.807, 2.05) is 27.1 Å². The smallest absolute Gasteiger partial charge is 0.137 e. The van der Waals surface area contributed by atoms with Gasteiger partial charge in [-0.25, -0.2) is 4.98 Å². The van der Waals surface area contributed by atoms with E-state index in [4.69, 9.17) is 4.74 Å². The molecule has 1 unspecified atom stereocenters. The van der Waals surface area contributed by atoms with Gasteiger partial charge in [0.2, 0.25) is 0 Å². The highest BCUT2D eigenvalue weighted by molar-refractivity contribution is 7.11. The van der Waals surface area contributed by atoms with E-state index in [1.54, 1.807) is 17.5 Å². The second kappa shape index (κ2) is 6.81. The lowest BCUT2D eigenvalue weighted by molar-refractivity contribution is 0.315. The van der Waals surface area contributed by atoms with Gasteiger partial charge in [-0.3, -0.25) is 4.98 Å². The van der Waals surface area contributed by atoms with Crippen molar-refractivity contribution >= 4 is 11.3 Å². The van der Waals surface area contributed by atoms with E-state index in [2.05, 4.69) is 28.3 Å². The molecule has 0 aliphatic carbocycles. The normalized spacial score (nSPS) is 12.4. The number of rotatable bonds is 6. The molecule has 0 saturated heterocycles. The summed E-state index contributed by atoms with van der Waals surface area (Å²) in [5.41, 5.74) is 2.18. The lowest BCUT2D eigenvalue weighted by Crippen LogP contribution is -2.17. The minimum atomic E-state index is 0.110. The summed E-state index contributed by atoms with van der Waals surface area (Å²) >= 11 is 1.72. The molecule has 1 N–H and O–H groups in total. The maximum absolute atomic E-state index is 5.66. The topological polar surface area (TPSA) is 47.0 Å². The molecule has 20 heavy (non-hydrogen) atoms. The first kappa shape index (κ1) is 14.9. The number of hydrogen-bond acceptors (Lipinski definition) is 5. The second-order valence-electron chi connectivity index (χ2n) is 4.71. The molecule has 0 aliphatic heterocycles. The molecule has 2 rings (SSSR count). The molecule has 4 nitrogen and oxygen atoms in total. The number of aryl methyl sites for hydroxylation is 2. The summed E-state index contributed by atoms with van der Waals surface area (Å²) in [6.07, 6.45) is 4.64. The maximum atomic E-state index is 5.66. The van der Waals surface area contributed by atoms with E-state index < -0.39 is 0 Å². The minimum absolute atomic E-state index is 0.110. The van der Waals surface area contributed by atoms with Crippen LogP contribution in [0.5, 0.6) is 5.75 Å². The van der Waals surface area contributed by atoms with Gasteiger partial charge in [0.1, 0.15) is 5.75 Å². The number of aromatic nitrogens is 2. The quantitative estimate of drug-likeness (QED) is 0.887. The Kier molecular flexibility index (Phi) is 5.09. The number of pyridine rings is 1. The standard InChI is InChI=1S/C15H21N3OS/c1-5-6-19-13-7-12(8-17-9-13)14(16-4)15-10(2)18-11(3)20-15/h7-9,14,16H,5-6H2,1-4H3. The van der Waals surface area contributed by atoms with Gasteiger partial charge in [-0.15, -0.1) is 11.3 Å². The van der Waals surface area contributed by atoms with Gasteiger partial charge < -0.3 is 10.1 Å². The fraction of sp³-hybridized carbons (Fsp3) is 0.467. The van der Waals surface area contributed by atoms with Crippen molar-refractivity contribution < 1.29 is 4.74 Å². The van der Waals surface area contributed by atoms with Crippen molar-refractivity contribution in [3.05, 3.63) is 39.6 Å².